The summed E-state index contributed by atoms with van der Waals surface area (Å²) >= 11 is 0. The highest BCUT2D eigenvalue weighted by Gasteiger charge is 2.19. The Balaban J connectivity index is 1.85. The van der Waals surface area contributed by atoms with Gasteiger partial charge in [-0.15, -0.1) is 0 Å². The smallest absolute Gasteiger partial charge is 0.0966 e. The average Bonchev–Trinajstić information content (AvgIpc) is 3.13. The van der Waals surface area contributed by atoms with Crippen molar-refractivity contribution in [2.75, 3.05) is 38.0 Å². The Morgan fingerprint density at radius 1 is 0.679 bits per heavy atom. The number of hydrogen-bond acceptors (Lipinski definition) is 3. The molecule has 0 aliphatic rings. The van der Waals surface area contributed by atoms with Gasteiger partial charge in [-0.05, 0) is 47.5 Å². The number of benzene rings is 3. The van der Waals surface area contributed by atoms with E-state index in [1.165, 1.54) is 22.5 Å². The van der Waals surface area contributed by atoms with E-state index in [4.69, 9.17) is 0 Å². The SMILES string of the molecule is CN(C)c1ccc(C(c2ccc(N(C)C)cc2)n2cnc3ccccc32)cc1. The van der Waals surface area contributed by atoms with Crippen LogP contribution in [-0.2, 0) is 0 Å². The van der Waals surface area contributed by atoms with Gasteiger partial charge in [-0.1, -0.05) is 36.4 Å². The minimum atomic E-state index is 0.0693. The van der Waals surface area contributed by atoms with Gasteiger partial charge >= 0.3 is 0 Å². The number of hydrogen-bond donors (Lipinski definition) is 0. The number of aromatic nitrogens is 2. The molecule has 0 unspecified atom stereocenters. The van der Waals surface area contributed by atoms with E-state index in [0.29, 0.717) is 0 Å². The van der Waals surface area contributed by atoms with Crippen molar-refractivity contribution in [1.29, 1.82) is 0 Å². The first-order chi connectivity index (χ1) is 13.5. The van der Waals surface area contributed by atoms with Gasteiger partial charge in [0.2, 0.25) is 0 Å². The molecule has 4 nitrogen and oxygen atoms in total. The molecule has 0 radical (unpaired) electrons. The Bertz CT molecular complexity index is 1010. The van der Waals surface area contributed by atoms with Gasteiger partial charge in [0.25, 0.3) is 0 Å². The van der Waals surface area contributed by atoms with Crippen LogP contribution in [0.4, 0.5) is 11.4 Å². The molecular weight excluding hydrogens is 344 g/mol. The van der Waals surface area contributed by atoms with E-state index >= 15 is 0 Å². The summed E-state index contributed by atoms with van der Waals surface area (Å²) in [6.07, 6.45) is 1.95. The summed E-state index contributed by atoms with van der Waals surface area (Å²) in [5.74, 6) is 0. The van der Waals surface area contributed by atoms with Crippen molar-refractivity contribution in [2.45, 2.75) is 6.04 Å². The van der Waals surface area contributed by atoms with E-state index in [9.17, 15) is 0 Å². The number of imidazole rings is 1. The fourth-order valence-corrected chi connectivity index (χ4v) is 3.61. The minimum absolute atomic E-state index is 0.0693. The van der Waals surface area contributed by atoms with Gasteiger partial charge in [0.05, 0.1) is 23.4 Å². The molecule has 4 heteroatoms. The predicted molar refractivity (Wildman–Crippen MR) is 119 cm³/mol. The molecule has 0 amide bonds. The van der Waals surface area contributed by atoms with Crippen molar-refractivity contribution in [3.05, 3.63) is 90.3 Å². The molecule has 0 saturated heterocycles. The molecular formula is C24H26N4. The molecule has 0 atom stereocenters. The lowest BCUT2D eigenvalue weighted by molar-refractivity contribution is 0.697. The van der Waals surface area contributed by atoms with Crippen molar-refractivity contribution in [3.8, 4) is 0 Å². The monoisotopic (exact) mass is 370 g/mol. The predicted octanol–water partition coefficient (Wildman–Crippen LogP) is 4.81. The standard InChI is InChI=1S/C24H26N4/c1-26(2)20-13-9-18(10-14-20)24(19-11-15-21(16-12-19)27(3)4)28-17-25-22-7-5-6-8-23(22)28/h5-17,24H,1-4H3. The summed E-state index contributed by atoms with van der Waals surface area (Å²) in [5.41, 5.74) is 7.03. The summed E-state index contributed by atoms with van der Waals surface area (Å²) in [5, 5.41) is 0. The maximum atomic E-state index is 4.63. The average molecular weight is 371 g/mol. The van der Waals surface area contributed by atoms with Gasteiger partial charge in [-0.25, -0.2) is 4.98 Å². The van der Waals surface area contributed by atoms with Crippen molar-refractivity contribution in [1.82, 2.24) is 9.55 Å². The Hall–Kier alpha value is -3.27. The zero-order chi connectivity index (χ0) is 19.7. The first-order valence-electron chi connectivity index (χ1n) is 9.51. The van der Waals surface area contributed by atoms with Crippen LogP contribution in [-0.4, -0.2) is 37.7 Å². The van der Waals surface area contributed by atoms with Crippen LogP contribution in [0.25, 0.3) is 11.0 Å². The molecule has 0 spiro atoms. The second-order valence-corrected chi connectivity index (χ2v) is 7.52. The maximum absolute atomic E-state index is 4.63. The normalized spacial score (nSPS) is 11.2. The third-order valence-corrected chi connectivity index (χ3v) is 5.21. The lowest BCUT2D eigenvalue weighted by Crippen LogP contribution is -2.13. The van der Waals surface area contributed by atoms with E-state index < -0.39 is 0 Å². The molecule has 0 aliphatic heterocycles. The molecule has 0 N–H and O–H groups in total. The second-order valence-electron chi connectivity index (χ2n) is 7.52. The highest BCUT2D eigenvalue weighted by Crippen LogP contribution is 2.32. The highest BCUT2D eigenvalue weighted by molar-refractivity contribution is 5.75. The Labute approximate surface area is 166 Å². The van der Waals surface area contributed by atoms with E-state index in [1.807, 2.05) is 12.4 Å². The van der Waals surface area contributed by atoms with Gasteiger partial charge in [0.1, 0.15) is 0 Å². The van der Waals surface area contributed by atoms with E-state index in [2.05, 4.69) is 114 Å². The number of anilines is 2. The van der Waals surface area contributed by atoms with Gasteiger partial charge in [-0.2, -0.15) is 0 Å². The lowest BCUT2D eigenvalue weighted by atomic mass is 9.97. The van der Waals surface area contributed by atoms with Crippen LogP contribution in [0.3, 0.4) is 0 Å². The third kappa shape index (κ3) is 3.33. The van der Waals surface area contributed by atoms with Crippen molar-refractivity contribution >= 4 is 22.4 Å². The van der Waals surface area contributed by atoms with Crippen LogP contribution < -0.4 is 9.80 Å². The van der Waals surface area contributed by atoms with Crippen LogP contribution >= 0.6 is 0 Å². The Morgan fingerprint density at radius 3 is 1.68 bits per heavy atom. The lowest BCUT2D eigenvalue weighted by Gasteiger charge is -2.23. The zero-order valence-electron chi connectivity index (χ0n) is 16.9. The van der Waals surface area contributed by atoms with Gasteiger partial charge in [-0.3, -0.25) is 0 Å². The van der Waals surface area contributed by atoms with Crippen molar-refractivity contribution in [2.24, 2.45) is 0 Å². The number of para-hydroxylation sites is 2. The molecule has 4 aromatic rings. The van der Waals surface area contributed by atoms with Crippen LogP contribution in [0.2, 0.25) is 0 Å². The molecule has 0 bridgehead atoms. The van der Waals surface area contributed by atoms with Crippen LogP contribution in [0.15, 0.2) is 79.1 Å². The quantitative estimate of drug-likeness (QED) is 0.504. The molecule has 0 saturated carbocycles. The molecule has 0 aliphatic carbocycles. The number of nitrogens with zero attached hydrogens (tertiary/aromatic N) is 4. The van der Waals surface area contributed by atoms with Gasteiger partial charge in [0, 0.05) is 39.6 Å². The fraction of sp³-hybridized carbons (Fsp3) is 0.208. The summed E-state index contributed by atoms with van der Waals surface area (Å²) < 4.78 is 2.27. The van der Waals surface area contributed by atoms with E-state index in [-0.39, 0.29) is 6.04 Å². The van der Waals surface area contributed by atoms with Crippen LogP contribution in [0, 0.1) is 0 Å². The van der Waals surface area contributed by atoms with Crippen LogP contribution in [0.1, 0.15) is 17.2 Å². The summed E-state index contributed by atoms with van der Waals surface area (Å²) in [7, 11) is 8.26. The number of rotatable bonds is 5. The fourth-order valence-electron chi connectivity index (χ4n) is 3.61. The first-order valence-corrected chi connectivity index (χ1v) is 9.51. The molecule has 3 aromatic carbocycles. The molecule has 142 valence electrons. The largest absolute Gasteiger partial charge is 0.378 e. The first kappa shape index (κ1) is 18.1. The second kappa shape index (κ2) is 7.39. The van der Waals surface area contributed by atoms with Crippen molar-refractivity contribution < 1.29 is 0 Å². The summed E-state index contributed by atoms with van der Waals surface area (Å²) in [6.45, 7) is 0. The Kier molecular flexibility index (Phi) is 4.78. The Morgan fingerprint density at radius 2 is 1.18 bits per heavy atom. The third-order valence-electron chi connectivity index (χ3n) is 5.21. The summed E-state index contributed by atoms with van der Waals surface area (Å²) in [6, 6.07) is 25.9. The maximum Gasteiger partial charge on any atom is 0.0966 e. The van der Waals surface area contributed by atoms with E-state index in [0.717, 1.165) is 11.0 Å². The van der Waals surface area contributed by atoms with E-state index in [1.54, 1.807) is 0 Å². The molecule has 1 heterocycles. The minimum Gasteiger partial charge on any atom is -0.378 e. The zero-order valence-corrected chi connectivity index (χ0v) is 16.9. The molecule has 1 aromatic heterocycles. The van der Waals surface area contributed by atoms with Gasteiger partial charge < -0.3 is 14.4 Å². The van der Waals surface area contributed by atoms with Crippen LogP contribution in [0.5, 0.6) is 0 Å². The van der Waals surface area contributed by atoms with Gasteiger partial charge in [0.15, 0.2) is 0 Å². The molecule has 28 heavy (non-hydrogen) atoms. The highest BCUT2D eigenvalue weighted by atomic mass is 15.1. The topological polar surface area (TPSA) is 24.3 Å². The van der Waals surface area contributed by atoms with Crippen molar-refractivity contribution in [3.63, 3.8) is 0 Å². The molecule has 4 rings (SSSR count). The summed E-state index contributed by atoms with van der Waals surface area (Å²) in [4.78, 5) is 8.87. The number of fused-ring (bicyclic) bond motifs is 1. The molecule has 0 fully saturated rings.